The van der Waals surface area contributed by atoms with Crippen LogP contribution in [0.1, 0.15) is 33.6 Å². The second-order valence-corrected chi connectivity index (χ2v) is 8.19. The quantitative estimate of drug-likeness (QED) is 0.418. The molecule has 7 nitrogen and oxygen atoms in total. The SMILES string of the molecule is Cc1c(C(=O)NC(c2ccccc2)c2nc3ccccc3n2C)nnn1-c1cccc(Cl)c1. The van der Waals surface area contributed by atoms with Crippen molar-refractivity contribution in [1.82, 2.24) is 29.9 Å². The van der Waals surface area contributed by atoms with Crippen LogP contribution in [0.5, 0.6) is 0 Å². The van der Waals surface area contributed by atoms with Crippen LogP contribution in [0.15, 0.2) is 78.9 Å². The molecule has 0 radical (unpaired) electrons. The molecule has 1 N–H and O–H groups in total. The van der Waals surface area contributed by atoms with Crippen molar-refractivity contribution >= 4 is 28.5 Å². The lowest BCUT2D eigenvalue weighted by Crippen LogP contribution is -2.31. The van der Waals surface area contributed by atoms with Crippen LogP contribution < -0.4 is 5.32 Å². The number of fused-ring (bicyclic) bond motifs is 1. The van der Waals surface area contributed by atoms with E-state index >= 15 is 0 Å². The topological polar surface area (TPSA) is 77.6 Å². The first kappa shape index (κ1) is 20.9. The number of halogens is 1. The summed E-state index contributed by atoms with van der Waals surface area (Å²) in [6.07, 6.45) is 0. The van der Waals surface area contributed by atoms with Crippen LogP contribution >= 0.6 is 11.6 Å². The molecule has 5 aromatic rings. The molecule has 0 aliphatic rings. The van der Waals surface area contributed by atoms with E-state index in [1.807, 2.05) is 85.3 Å². The molecule has 2 heterocycles. The van der Waals surface area contributed by atoms with Gasteiger partial charge in [0, 0.05) is 12.1 Å². The molecule has 2 aromatic heterocycles. The van der Waals surface area contributed by atoms with Crippen LogP contribution in [0.3, 0.4) is 0 Å². The Morgan fingerprint density at radius 2 is 1.76 bits per heavy atom. The highest BCUT2D eigenvalue weighted by atomic mass is 35.5. The average molecular weight is 457 g/mol. The van der Waals surface area contributed by atoms with Gasteiger partial charge in [-0.25, -0.2) is 9.67 Å². The fraction of sp³-hybridized carbons (Fsp3) is 0.120. The number of nitrogens with zero attached hydrogens (tertiary/aromatic N) is 5. The number of aromatic nitrogens is 5. The first-order valence-electron chi connectivity index (χ1n) is 10.5. The summed E-state index contributed by atoms with van der Waals surface area (Å²) in [7, 11) is 1.95. The van der Waals surface area contributed by atoms with Gasteiger partial charge in [0.05, 0.1) is 22.4 Å². The Balaban J connectivity index is 1.53. The third-order valence-electron chi connectivity index (χ3n) is 5.65. The maximum atomic E-state index is 13.4. The van der Waals surface area contributed by atoms with Crippen molar-refractivity contribution in [3.8, 4) is 5.69 Å². The van der Waals surface area contributed by atoms with Crippen LogP contribution in [-0.4, -0.2) is 30.5 Å². The molecule has 0 saturated heterocycles. The fourth-order valence-corrected chi connectivity index (χ4v) is 4.14. The predicted molar refractivity (Wildman–Crippen MR) is 128 cm³/mol. The summed E-state index contributed by atoms with van der Waals surface area (Å²) in [5, 5.41) is 12.0. The summed E-state index contributed by atoms with van der Waals surface area (Å²) in [6, 6.07) is 24.5. The van der Waals surface area contributed by atoms with E-state index in [9.17, 15) is 4.79 Å². The number of carbonyl (C=O) groups is 1. The van der Waals surface area contributed by atoms with Crippen LogP contribution in [-0.2, 0) is 7.05 Å². The molecule has 8 heteroatoms. The van der Waals surface area contributed by atoms with Crippen molar-refractivity contribution < 1.29 is 4.79 Å². The summed E-state index contributed by atoms with van der Waals surface area (Å²) in [5.41, 5.74) is 4.38. The van der Waals surface area contributed by atoms with E-state index in [2.05, 4.69) is 15.6 Å². The molecule has 1 unspecified atom stereocenters. The van der Waals surface area contributed by atoms with E-state index in [0.717, 1.165) is 28.1 Å². The van der Waals surface area contributed by atoms with Crippen LogP contribution in [0.4, 0.5) is 0 Å². The molecule has 33 heavy (non-hydrogen) atoms. The molecule has 0 aliphatic carbocycles. The molecule has 3 aromatic carbocycles. The predicted octanol–water partition coefficient (Wildman–Crippen LogP) is 4.64. The molecular weight excluding hydrogens is 436 g/mol. The maximum absolute atomic E-state index is 13.4. The van der Waals surface area contributed by atoms with E-state index in [1.54, 1.807) is 16.8 Å². The minimum absolute atomic E-state index is 0.245. The summed E-state index contributed by atoms with van der Waals surface area (Å²) in [4.78, 5) is 18.2. The second-order valence-electron chi connectivity index (χ2n) is 7.75. The smallest absolute Gasteiger partial charge is 0.274 e. The monoisotopic (exact) mass is 456 g/mol. The Morgan fingerprint density at radius 3 is 2.52 bits per heavy atom. The van der Waals surface area contributed by atoms with Gasteiger partial charge in [-0.2, -0.15) is 0 Å². The standard InChI is InChI=1S/C25H21ClN6O/c1-16-22(29-30-32(16)19-12-8-11-18(26)15-19)25(33)28-23(17-9-4-3-5-10-17)24-27-20-13-6-7-14-21(20)31(24)2/h3-15,23H,1-2H3,(H,28,33). The molecule has 1 atom stereocenters. The third-order valence-corrected chi connectivity index (χ3v) is 5.89. The first-order chi connectivity index (χ1) is 16.0. The van der Waals surface area contributed by atoms with Gasteiger partial charge < -0.3 is 9.88 Å². The second kappa shape index (κ2) is 8.52. The minimum atomic E-state index is -0.466. The third kappa shape index (κ3) is 3.87. The number of carbonyl (C=O) groups excluding carboxylic acids is 1. The highest BCUT2D eigenvalue weighted by Gasteiger charge is 2.26. The number of imidazole rings is 1. The van der Waals surface area contributed by atoms with Gasteiger partial charge in [0.25, 0.3) is 5.91 Å². The Hall–Kier alpha value is -3.97. The van der Waals surface area contributed by atoms with Crippen molar-refractivity contribution in [3.05, 3.63) is 107 Å². The molecule has 5 rings (SSSR count). The largest absolute Gasteiger partial charge is 0.337 e. The van der Waals surface area contributed by atoms with Gasteiger partial charge in [-0.1, -0.05) is 65.3 Å². The number of nitrogens with one attached hydrogen (secondary N) is 1. The van der Waals surface area contributed by atoms with Crippen molar-refractivity contribution in [2.24, 2.45) is 7.05 Å². The molecule has 164 valence electrons. The van der Waals surface area contributed by atoms with Gasteiger partial charge in [0.1, 0.15) is 11.9 Å². The fourth-order valence-electron chi connectivity index (χ4n) is 3.96. The van der Waals surface area contributed by atoms with Crippen molar-refractivity contribution in [2.75, 3.05) is 0 Å². The molecule has 0 saturated carbocycles. The van der Waals surface area contributed by atoms with E-state index in [4.69, 9.17) is 16.6 Å². The number of rotatable bonds is 5. The number of benzene rings is 3. The Morgan fingerprint density at radius 1 is 1.00 bits per heavy atom. The Labute approximate surface area is 195 Å². The van der Waals surface area contributed by atoms with Crippen molar-refractivity contribution in [3.63, 3.8) is 0 Å². The van der Waals surface area contributed by atoms with Crippen molar-refractivity contribution in [2.45, 2.75) is 13.0 Å². The summed E-state index contributed by atoms with van der Waals surface area (Å²) < 4.78 is 3.61. The number of amides is 1. The van der Waals surface area contributed by atoms with Gasteiger partial charge >= 0.3 is 0 Å². The van der Waals surface area contributed by atoms with Gasteiger partial charge in [0.15, 0.2) is 5.69 Å². The van der Waals surface area contributed by atoms with Gasteiger partial charge in [-0.05, 0) is 42.8 Å². The highest BCUT2D eigenvalue weighted by Crippen LogP contribution is 2.26. The Bertz CT molecular complexity index is 1460. The maximum Gasteiger partial charge on any atom is 0.274 e. The van der Waals surface area contributed by atoms with E-state index in [0.29, 0.717) is 10.7 Å². The lowest BCUT2D eigenvalue weighted by molar-refractivity contribution is 0.0935. The number of aryl methyl sites for hydroxylation is 1. The first-order valence-corrected chi connectivity index (χ1v) is 10.9. The van der Waals surface area contributed by atoms with Gasteiger partial charge in [-0.15, -0.1) is 5.10 Å². The van der Waals surface area contributed by atoms with Gasteiger partial charge in [0.2, 0.25) is 0 Å². The van der Waals surface area contributed by atoms with E-state index < -0.39 is 6.04 Å². The zero-order valence-electron chi connectivity index (χ0n) is 18.1. The van der Waals surface area contributed by atoms with Gasteiger partial charge in [-0.3, -0.25) is 4.79 Å². The molecule has 1 amide bonds. The molecule has 0 fully saturated rings. The molecule has 0 aliphatic heterocycles. The van der Waals surface area contributed by atoms with Crippen LogP contribution in [0, 0.1) is 6.92 Å². The zero-order chi connectivity index (χ0) is 22.9. The van der Waals surface area contributed by atoms with Crippen LogP contribution in [0.2, 0.25) is 5.02 Å². The lowest BCUT2D eigenvalue weighted by Gasteiger charge is -2.19. The van der Waals surface area contributed by atoms with Crippen molar-refractivity contribution in [1.29, 1.82) is 0 Å². The Kier molecular flexibility index (Phi) is 5.40. The number of para-hydroxylation sites is 2. The van der Waals surface area contributed by atoms with E-state index in [1.165, 1.54) is 0 Å². The minimum Gasteiger partial charge on any atom is -0.337 e. The molecular formula is C25H21ClN6O. The van der Waals surface area contributed by atoms with Crippen LogP contribution in [0.25, 0.3) is 16.7 Å². The summed E-state index contributed by atoms with van der Waals surface area (Å²) in [6.45, 7) is 1.81. The highest BCUT2D eigenvalue weighted by molar-refractivity contribution is 6.30. The molecule has 0 spiro atoms. The lowest BCUT2D eigenvalue weighted by atomic mass is 10.1. The number of hydrogen-bond donors (Lipinski definition) is 1. The van der Waals surface area contributed by atoms with E-state index in [-0.39, 0.29) is 11.6 Å². The number of hydrogen-bond acceptors (Lipinski definition) is 4. The normalized spacial score (nSPS) is 12.1. The average Bonchev–Trinajstić information content (AvgIpc) is 3.38. The summed E-state index contributed by atoms with van der Waals surface area (Å²) >= 11 is 6.12. The zero-order valence-corrected chi connectivity index (χ0v) is 18.9. The molecule has 0 bridgehead atoms. The summed E-state index contributed by atoms with van der Waals surface area (Å²) in [5.74, 6) is 0.400.